The number of hydrogen-bond donors (Lipinski definition) is 6. The third-order valence-electron chi connectivity index (χ3n) is 9.10. The van der Waals surface area contributed by atoms with Gasteiger partial charge in [-0.3, -0.25) is 14.2 Å². The molecule has 266 valence electrons. The molecule has 7 N–H and O–H groups in total. The number of carbonyl (C=O) groups is 3. The number of nitrogens with two attached hydrogens (primary N) is 1. The van der Waals surface area contributed by atoms with E-state index in [-0.39, 0.29) is 25.7 Å². The van der Waals surface area contributed by atoms with Crippen LogP contribution in [-0.4, -0.2) is 77.6 Å². The molecule has 0 radical (unpaired) electrons. The van der Waals surface area contributed by atoms with E-state index in [1.54, 1.807) is 43.3 Å². The van der Waals surface area contributed by atoms with E-state index in [2.05, 4.69) is 15.4 Å². The third-order valence-corrected chi connectivity index (χ3v) is 11.7. The maximum absolute atomic E-state index is 14.3. The van der Waals surface area contributed by atoms with Crippen LogP contribution in [0.4, 0.5) is 4.79 Å². The van der Waals surface area contributed by atoms with E-state index < -0.39 is 64.9 Å². The lowest BCUT2D eigenvalue weighted by Crippen LogP contribution is -2.52. The number of aromatic nitrogens is 1. The molecule has 1 fully saturated rings. The highest BCUT2D eigenvalue weighted by atomic mass is 32.2. The molecule has 5 atom stereocenters. The van der Waals surface area contributed by atoms with Crippen molar-refractivity contribution < 1.29 is 37.6 Å². The summed E-state index contributed by atoms with van der Waals surface area (Å²) < 4.78 is 42.0. The largest absolute Gasteiger partial charge is 0.464 e. The number of amides is 2. The molecule has 4 rings (SSSR count). The Morgan fingerprint density at radius 3 is 2.29 bits per heavy atom. The smallest absolute Gasteiger partial charge is 0.416 e. The maximum Gasteiger partial charge on any atom is 0.416 e. The van der Waals surface area contributed by atoms with Crippen LogP contribution in [-0.2, 0) is 37.0 Å². The Balaban J connectivity index is 1.56. The van der Waals surface area contributed by atoms with Crippen molar-refractivity contribution in [2.24, 2.45) is 11.1 Å². The number of nitrogens with zero attached hydrogens (tertiary/aromatic N) is 1. The van der Waals surface area contributed by atoms with Crippen LogP contribution >= 0.6 is 7.80 Å². The highest BCUT2D eigenvalue weighted by molar-refractivity contribution is 7.88. The molecule has 1 aliphatic rings. The van der Waals surface area contributed by atoms with Crippen LogP contribution in [0.1, 0.15) is 63.0 Å². The number of fused-ring (bicyclic) bond motifs is 1. The summed E-state index contributed by atoms with van der Waals surface area (Å²) in [7, 11) is -6.45. The molecule has 15 heteroatoms. The molecule has 1 aliphatic carbocycles. The first-order chi connectivity index (χ1) is 23.3. The fraction of sp³-hybridized carbons (Fsp3) is 0.500. The molecule has 0 bridgehead atoms. The molecule has 0 spiro atoms. The first-order valence-electron chi connectivity index (χ1n) is 16.5. The van der Waals surface area contributed by atoms with Gasteiger partial charge in [0.15, 0.2) is 0 Å². The Morgan fingerprint density at radius 1 is 1.00 bits per heavy atom. The van der Waals surface area contributed by atoms with Crippen LogP contribution in [0.5, 0.6) is 0 Å². The molecule has 49 heavy (non-hydrogen) atoms. The van der Waals surface area contributed by atoms with Gasteiger partial charge in [0.2, 0.25) is 27.6 Å². The van der Waals surface area contributed by atoms with Gasteiger partial charge in [-0.25, -0.2) is 17.9 Å². The van der Waals surface area contributed by atoms with Crippen LogP contribution in [0.2, 0.25) is 0 Å². The minimum Gasteiger partial charge on any atom is -0.464 e. The molecule has 0 saturated heterocycles. The van der Waals surface area contributed by atoms with Crippen LogP contribution in [0.3, 0.4) is 0 Å². The highest BCUT2D eigenvalue weighted by Crippen LogP contribution is 2.51. The maximum atomic E-state index is 14.3. The zero-order chi connectivity index (χ0) is 35.8. The fourth-order valence-corrected chi connectivity index (χ4v) is 9.23. The van der Waals surface area contributed by atoms with E-state index in [4.69, 9.17) is 5.73 Å². The third kappa shape index (κ3) is 9.73. The molecule has 2 unspecified atom stereocenters. The minimum absolute atomic E-state index is 0.0784. The van der Waals surface area contributed by atoms with Gasteiger partial charge in [0.1, 0.15) is 11.5 Å². The van der Waals surface area contributed by atoms with Crippen molar-refractivity contribution in [3.63, 3.8) is 0 Å². The van der Waals surface area contributed by atoms with Crippen molar-refractivity contribution in [2.45, 2.75) is 88.4 Å². The van der Waals surface area contributed by atoms with Crippen LogP contribution in [0.25, 0.3) is 10.9 Å². The van der Waals surface area contributed by atoms with Crippen molar-refractivity contribution in [1.82, 2.24) is 19.9 Å². The quantitative estimate of drug-likeness (QED) is 0.0888. The van der Waals surface area contributed by atoms with Gasteiger partial charge in [-0.2, -0.15) is 0 Å². The molecule has 2 aromatic carbocycles. The molecular weight excluding hydrogens is 669 g/mol. The number of aliphatic hydroxyl groups is 1. The Labute approximate surface area is 287 Å². The summed E-state index contributed by atoms with van der Waals surface area (Å²) in [6.07, 6.45) is 4.82. The summed E-state index contributed by atoms with van der Waals surface area (Å²) >= 11 is 0. The first-order valence-corrected chi connectivity index (χ1v) is 19.8. The van der Waals surface area contributed by atoms with Crippen molar-refractivity contribution in [3.8, 4) is 0 Å². The molecule has 1 saturated carbocycles. The van der Waals surface area contributed by atoms with Gasteiger partial charge in [0, 0.05) is 24.0 Å². The monoisotopic (exact) mass is 716 g/mol. The predicted molar refractivity (Wildman–Crippen MR) is 188 cm³/mol. The average Bonchev–Trinajstić information content (AvgIpc) is 3.70. The van der Waals surface area contributed by atoms with Crippen LogP contribution < -0.4 is 21.1 Å². The Morgan fingerprint density at radius 2 is 1.65 bits per heavy atom. The molecule has 2 amide bonds. The van der Waals surface area contributed by atoms with E-state index >= 15 is 0 Å². The van der Waals surface area contributed by atoms with Gasteiger partial charge in [0.25, 0.3) is 5.85 Å². The molecule has 0 aliphatic heterocycles. The topological polar surface area (TPSA) is 210 Å². The van der Waals surface area contributed by atoms with Gasteiger partial charge in [-0.05, 0) is 62.8 Å². The molecular formula is C34H47N5O8PS+. The molecule has 1 aromatic heterocycles. The molecule has 1 heterocycles. The average molecular weight is 717 g/mol. The van der Waals surface area contributed by atoms with E-state index in [1.807, 2.05) is 18.2 Å². The number of nitrogens with one attached hydrogen (secondary N) is 3. The summed E-state index contributed by atoms with van der Waals surface area (Å²) in [5.74, 6) is -3.86. The lowest BCUT2D eigenvalue weighted by Gasteiger charge is -2.30. The normalized spacial score (nSPS) is 17.2. The Hall–Kier alpha value is -3.68. The standard InChI is InChI=1S/C34H46N5O8PS/c1-23(20-25-22-39(33(43)44)28-16-7-6-14-26(25)28)36-31(41)34(17-9-10-18-34)32(42)48(45)29(21-24-12-4-3-5-13-24)37-30(40)27(15-8-11-19-35)38-49(2,46)47/h3-7,12-14,16,22-23,27,29,32,38,42H,8-11,15,17-21,35H2,1-2H3,(H2-,36,37,40,41,43,44)/p+1/t23-,27+,29-,32?/m1/s1. The second kappa shape index (κ2) is 16.8. The second-order valence-corrected chi connectivity index (χ2v) is 16.6. The van der Waals surface area contributed by atoms with E-state index in [1.165, 1.54) is 6.20 Å². The fourth-order valence-electron chi connectivity index (χ4n) is 6.64. The van der Waals surface area contributed by atoms with Gasteiger partial charge < -0.3 is 26.6 Å². The molecule has 3 aromatic rings. The highest BCUT2D eigenvalue weighted by Gasteiger charge is 2.58. The van der Waals surface area contributed by atoms with Gasteiger partial charge in [-0.1, -0.05) is 72.4 Å². The lowest BCUT2D eigenvalue weighted by atomic mass is 9.85. The number of aliphatic hydroxyl groups excluding tert-OH is 1. The number of para-hydroxylation sites is 1. The predicted octanol–water partition coefficient (Wildman–Crippen LogP) is 3.65. The Kier molecular flexibility index (Phi) is 13.1. The summed E-state index contributed by atoms with van der Waals surface area (Å²) in [6.45, 7) is 2.16. The van der Waals surface area contributed by atoms with E-state index in [9.17, 15) is 37.6 Å². The van der Waals surface area contributed by atoms with Gasteiger partial charge >= 0.3 is 13.9 Å². The van der Waals surface area contributed by atoms with E-state index in [0.29, 0.717) is 44.2 Å². The number of carbonyl (C=O) groups excluding carboxylic acids is 2. The molecule has 13 nitrogen and oxygen atoms in total. The van der Waals surface area contributed by atoms with Crippen molar-refractivity contribution in [2.75, 3.05) is 12.8 Å². The van der Waals surface area contributed by atoms with E-state index in [0.717, 1.165) is 27.3 Å². The second-order valence-electron chi connectivity index (χ2n) is 12.9. The zero-order valence-corrected chi connectivity index (χ0v) is 29.6. The summed E-state index contributed by atoms with van der Waals surface area (Å²) in [5, 5.41) is 28.0. The van der Waals surface area contributed by atoms with Crippen LogP contribution in [0, 0.1) is 5.41 Å². The number of benzene rings is 2. The van der Waals surface area contributed by atoms with Crippen molar-refractivity contribution >= 4 is 46.6 Å². The number of carboxylic acid groups (broad SMARTS) is 1. The number of hydrogen-bond acceptors (Lipinski definition) is 8. The lowest BCUT2D eigenvalue weighted by molar-refractivity contribution is -0.135. The van der Waals surface area contributed by atoms with Gasteiger partial charge in [0.05, 0.1) is 11.8 Å². The summed E-state index contributed by atoms with van der Waals surface area (Å²) in [6, 6.07) is 14.5. The van der Waals surface area contributed by atoms with Crippen molar-refractivity contribution in [3.05, 3.63) is 71.9 Å². The zero-order valence-electron chi connectivity index (χ0n) is 27.9. The minimum atomic E-state index is -3.77. The van der Waals surface area contributed by atoms with Gasteiger partial charge in [-0.15, -0.1) is 0 Å². The van der Waals surface area contributed by atoms with Crippen LogP contribution in [0.15, 0.2) is 60.8 Å². The summed E-state index contributed by atoms with van der Waals surface area (Å²) in [4.78, 5) is 39.4. The summed E-state index contributed by atoms with van der Waals surface area (Å²) in [5.41, 5.74) is 6.20. The number of sulfonamides is 1. The van der Waals surface area contributed by atoms with Crippen molar-refractivity contribution in [1.29, 1.82) is 0 Å². The first kappa shape index (κ1) is 38.1. The number of rotatable bonds is 17. The SMILES string of the molecule is C[C@H](Cc1cn(C(=O)O)c2ccccc12)NC(=O)C1(C(O)[P+](=O)[C@H](Cc2ccccc2)NC(=O)[C@H](CCCCN)NS(C)(=O)=O)CCCC1. The Bertz CT molecular complexity index is 1740. The number of unbranched alkanes of at least 4 members (excludes halogenated alkanes) is 1.